The van der Waals surface area contributed by atoms with Crippen molar-refractivity contribution in [1.82, 2.24) is 10.2 Å². The van der Waals surface area contributed by atoms with Gasteiger partial charge in [0.2, 0.25) is 5.13 Å². The highest BCUT2D eigenvalue weighted by atomic mass is 32.1. The summed E-state index contributed by atoms with van der Waals surface area (Å²) in [6, 6.07) is 10.2. The summed E-state index contributed by atoms with van der Waals surface area (Å²) < 4.78 is 0. The van der Waals surface area contributed by atoms with Gasteiger partial charge in [0.25, 0.3) is 0 Å². The molecule has 0 aliphatic carbocycles. The van der Waals surface area contributed by atoms with Gasteiger partial charge in [0.1, 0.15) is 5.01 Å². The van der Waals surface area contributed by atoms with Crippen molar-refractivity contribution in [2.45, 2.75) is 13.8 Å². The minimum absolute atomic E-state index is 0.972. The van der Waals surface area contributed by atoms with Crippen LogP contribution in [0.2, 0.25) is 0 Å². The van der Waals surface area contributed by atoms with Gasteiger partial charge in [0.05, 0.1) is 0 Å². The van der Waals surface area contributed by atoms with Crippen LogP contribution in [0, 0.1) is 0 Å². The Morgan fingerprint density at radius 2 is 1.75 bits per heavy atom. The van der Waals surface area contributed by atoms with E-state index in [0.717, 1.165) is 28.8 Å². The predicted molar refractivity (Wildman–Crippen MR) is 68.9 cm³/mol. The van der Waals surface area contributed by atoms with Crippen molar-refractivity contribution >= 4 is 16.5 Å². The first-order valence-electron chi connectivity index (χ1n) is 5.49. The van der Waals surface area contributed by atoms with E-state index >= 15 is 0 Å². The first-order chi connectivity index (χ1) is 7.85. The van der Waals surface area contributed by atoms with Crippen LogP contribution in [-0.2, 0) is 0 Å². The summed E-state index contributed by atoms with van der Waals surface area (Å²) in [6.45, 7) is 6.21. The van der Waals surface area contributed by atoms with Crippen LogP contribution in [0.1, 0.15) is 13.8 Å². The van der Waals surface area contributed by atoms with Gasteiger partial charge < -0.3 is 4.90 Å². The number of benzene rings is 1. The second kappa shape index (κ2) is 5.07. The molecule has 0 fully saturated rings. The molecule has 0 unspecified atom stereocenters. The molecule has 4 heteroatoms. The molecule has 0 amide bonds. The molecule has 1 heterocycles. The minimum atomic E-state index is 0.972. The fraction of sp³-hybridized carbons (Fsp3) is 0.333. The van der Waals surface area contributed by atoms with E-state index in [1.54, 1.807) is 11.3 Å². The molecule has 2 rings (SSSR count). The van der Waals surface area contributed by atoms with Crippen LogP contribution in [0.4, 0.5) is 5.13 Å². The van der Waals surface area contributed by atoms with Gasteiger partial charge in [-0.15, -0.1) is 10.2 Å². The maximum Gasteiger partial charge on any atom is 0.208 e. The lowest BCUT2D eigenvalue weighted by molar-refractivity contribution is 0.846. The van der Waals surface area contributed by atoms with Crippen molar-refractivity contribution in [2.75, 3.05) is 18.0 Å². The molecule has 84 valence electrons. The number of hydrogen-bond acceptors (Lipinski definition) is 4. The third kappa shape index (κ3) is 2.22. The molecule has 0 saturated heterocycles. The van der Waals surface area contributed by atoms with E-state index in [1.807, 2.05) is 18.2 Å². The summed E-state index contributed by atoms with van der Waals surface area (Å²) in [4.78, 5) is 2.21. The average Bonchev–Trinajstić information content (AvgIpc) is 2.81. The molecule has 0 radical (unpaired) electrons. The zero-order valence-corrected chi connectivity index (χ0v) is 10.4. The summed E-state index contributed by atoms with van der Waals surface area (Å²) >= 11 is 1.65. The Labute approximate surface area is 99.8 Å². The maximum absolute atomic E-state index is 4.23. The molecule has 0 spiro atoms. The Hall–Kier alpha value is -1.42. The smallest absolute Gasteiger partial charge is 0.208 e. The fourth-order valence-corrected chi connectivity index (χ4v) is 2.51. The quantitative estimate of drug-likeness (QED) is 0.812. The molecule has 0 aliphatic rings. The summed E-state index contributed by atoms with van der Waals surface area (Å²) in [6.07, 6.45) is 0. The third-order valence-electron chi connectivity index (χ3n) is 2.47. The summed E-state index contributed by atoms with van der Waals surface area (Å²) in [5.41, 5.74) is 1.14. The molecule has 0 bridgehead atoms. The van der Waals surface area contributed by atoms with E-state index in [2.05, 4.69) is 41.1 Å². The SMILES string of the molecule is CCN(CC)c1nnc(-c2ccccc2)s1. The molecule has 3 nitrogen and oxygen atoms in total. The lowest BCUT2D eigenvalue weighted by Crippen LogP contribution is -2.21. The van der Waals surface area contributed by atoms with Crippen molar-refractivity contribution in [1.29, 1.82) is 0 Å². The van der Waals surface area contributed by atoms with Crippen LogP contribution in [0.15, 0.2) is 30.3 Å². The number of hydrogen-bond donors (Lipinski definition) is 0. The molecule has 2 aromatic rings. The molecule has 1 aromatic heterocycles. The zero-order chi connectivity index (χ0) is 11.4. The molecular formula is C12H15N3S. The van der Waals surface area contributed by atoms with E-state index in [4.69, 9.17) is 0 Å². The Morgan fingerprint density at radius 1 is 1.06 bits per heavy atom. The van der Waals surface area contributed by atoms with Gasteiger partial charge in [0, 0.05) is 18.7 Å². The fourth-order valence-electron chi connectivity index (χ4n) is 1.53. The molecule has 0 atom stereocenters. The number of anilines is 1. The van der Waals surface area contributed by atoms with E-state index in [0.29, 0.717) is 0 Å². The van der Waals surface area contributed by atoms with Crippen molar-refractivity contribution in [3.05, 3.63) is 30.3 Å². The van der Waals surface area contributed by atoms with E-state index in [-0.39, 0.29) is 0 Å². The van der Waals surface area contributed by atoms with Gasteiger partial charge in [0.15, 0.2) is 0 Å². The normalized spacial score (nSPS) is 10.4. The summed E-state index contributed by atoms with van der Waals surface area (Å²) in [5.74, 6) is 0. The van der Waals surface area contributed by atoms with Crippen molar-refractivity contribution in [2.24, 2.45) is 0 Å². The number of aromatic nitrogens is 2. The molecule has 0 saturated carbocycles. The first-order valence-corrected chi connectivity index (χ1v) is 6.30. The van der Waals surface area contributed by atoms with Crippen LogP contribution in [0.25, 0.3) is 10.6 Å². The van der Waals surface area contributed by atoms with Crippen LogP contribution in [0.5, 0.6) is 0 Å². The van der Waals surface area contributed by atoms with Crippen LogP contribution >= 0.6 is 11.3 Å². The Kier molecular flexibility index (Phi) is 3.51. The van der Waals surface area contributed by atoms with Gasteiger partial charge in [-0.25, -0.2) is 0 Å². The Bertz CT molecular complexity index is 435. The second-order valence-electron chi connectivity index (χ2n) is 3.43. The molecule has 0 aliphatic heterocycles. The molecule has 0 N–H and O–H groups in total. The molecule has 16 heavy (non-hydrogen) atoms. The van der Waals surface area contributed by atoms with Gasteiger partial charge in [-0.05, 0) is 13.8 Å². The van der Waals surface area contributed by atoms with Crippen molar-refractivity contribution in [3.63, 3.8) is 0 Å². The summed E-state index contributed by atoms with van der Waals surface area (Å²) in [5, 5.41) is 10.5. The largest absolute Gasteiger partial charge is 0.347 e. The highest BCUT2D eigenvalue weighted by Crippen LogP contribution is 2.27. The van der Waals surface area contributed by atoms with Gasteiger partial charge in [-0.2, -0.15) is 0 Å². The molecule has 1 aromatic carbocycles. The number of rotatable bonds is 4. The van der Waals surface area contributed by atoms with Crippen LogP contribution < -0.4 is 4.90 Å². The highest BCUT2D eigenvalue weighted by molar-refractivity contribution is 7.18. The minimum Gasteiger partial charge on any atom is -0.347 e. The van der Waals surface area contributed by atoms with Crippen molar-refractivity contribution < 1.29 is 0 Å². The van der Waals surface area contributed by atoms with Crippen LogP contribution in [-0.4, -0.2) is 23.3 Å². The monoisotopic (exact) mass is 233 g/mol. The lowest BCUT2D eigenvalue weighted by atomic mass is 10.2. The van der Waals surface area contributed by atoms with Gasteiger partial charge in [-0.1, -0.05) is 41.7 Å². The van der Waals surface area contributed by atoms with Gasteiger partial charge >= 0.3 is 0 Å². The highest BCUT2D eigenvalue weighted by Gasteiger charge is 2.10. The topological polar surface area (TPSA) is 29.0 Å². The van der Waals surface area contributed by atoms with E-state index in [9.17, 15) is 0 Å². The van der Waals surface area contributed by atoms with E-state index in [1.165, 1.54) is 0 Å². The Morgan fingerprint density at radius 3 is 2.38 bits per heavy atom. The average molecular weight is 233 g/mol. The number of nitrogens with zero attached hydrogens (tertiary/aromatic N) is 3. The predicted octanol–water partition coefficient (Wildman–Crippen LogP) is 3.05. The molecular weight excluding hydrogens is 218 g/mol. The van der Waals surface area contributed by atoms with E-state index < -0.39 is 0 Å². The zero-order valence-electron chi connectivity index (χ0n) is 9.55. The Balaban J connectivity index is 2.26. The second-order valence-corrected chi connectivity index (χ2v) is 4.38. The first kappa shape index (κ1) is 11.1. The van der Waals surface area contributed by atoms with Gasteiger partial charge in [-0.3, -0.25) is 0 Å². The maximum atomic E-state index is 4.23. The van der Waals surface area contributed by atoms with Crippen molar-refractivity contribution in [3.8, 4) is 10.6 Å². The third-order valence-corrected chi connectivity index (χ3v) is 3.50. The standard InChI is InChI=1S/C12H15N3S/c1-3-15(4-2)12-14-13-11(16-12)10-8-6-5-7-9-10/h5-9H,3-4H2,1-2H3. The van der Waals surface area contributed by atoms with Crippen LogP contribution in [0.3, 0.4) is 0 Å². The lowest BCUT2D eigenvalue weighted by Gasteiger charge is -2.15. The summed E-state index contributed by atoms with van der Waals surface area (Å²) in [7, 11) is 0.